The van der Waals surface area contributed by atoms with Crippen molar-refractivity contribution in [2.75, 3.05) is 5.32 Å². The first kappa shape index (κ1) is 19.9. The van der Waals surface area contributed by atoms with Gasteiger partial charge in [0.15, 0.2) is 5.69 Å². The molecule has 0 saturated heterocycles. The van der Waals surface area contributed by atoms with E-state index in [4.69, 9.17) is 0 Å². The summed E-state index contributed by atoms with van der Waals surface area (Å²) < 4.78 is 1.63. The summed E-state index contributed by atoms with van der Waals surface area (Å²) in [5.41, 5.74) is 0.581. The Bertz CT molecular complexity index is 799. The van der Waals surface area contributed by atoms with Gasteiger partial charge >= 0.3 is 5.97 Å². The highest BCUT2D eigenvalue weighted by Gasteiger charge is 2.54. The summed E-state index contributed by atoms with van der Waals surface area (Å²) in [5.74, 6) is -2.44. The van der Waals surface area contributed by atoms with E-state index in [1.807, 2.05) is 6.92 Å². The van der Waals surface area contributed by atoms with Gasteiger partial charge in [-0.05, 0) is 50.9 Å². The maximum Gasteiger partial charge on any atom is 0.307 e. The van der Waals surface area contributed by atoms with Gasteiger partial charge in [-0.15, -0.1) is 0 Å². The quantitative estimate of drug-likeness (QED) is 0.677. The molecule has 4 atom stereocenters. The minimum Gasteiger partial charge on any atom is -0.481 e. The lowest BCUT2D eigenvalue weighted by Gasteiger charge is -2.27. The zero-order valence-corrected chi connectivity index (χ0v) is 16.9. The SMILES string of the molecule is CCn1cc(NC(=O)[C@H]2[C@H]3CC[C@@H](C3)[C@@H]2C(=O)O)c(C(=O)NC2CCCCC2)n1. The molecule has 2 amide bonds. The second-order valence-electron chi connectivity index (χ2n) is 8.77. The average Bonchev–Trinajstić information content (AvgIpc) is 3.42. The van der Waals surface area contributed by atoms with Crippen LogP contribution in [0.1, 0.15) is 68.8 Å². The molecule has 1 heterocycles. The molecule has 3 aliphatic rings. The predicted molar refractivity (Wildman–Crippen MR) is 106 cm³/mol. The molecule has 0 spiro atoms. The van der Waals surface area contributed by atoms with Crippen LogP contribution in [0, 0.1) is 23.7 Å². The Morgan fingerprint density at radius 3 is 2.45 bits per heavy atom. The van der Waals surface area contributed by atoms with Crippen LogP contribution < -0.4 is 10.6 Å². The van der Waals surface area contributed by atoms with Gasteiger partial charge in [0.25, 0.3) is 5.91 Å². The molecule has 0 radical (unpaired) electrons. The molecule has 2 bridgehead atoms. The van der Waals surface area contributed by atoms with Gasteiger partial charge in [-0.25, -0.2) is 0 Å². The highest BCUT2D eigenvalue weighted by molar-refractivity contribution is 6.03. The standard InChI is InChI=1S/C21H30N4O4/c1-2-25-11-15(18(24-25)20(27)22-14-6-4-3-5-7-14)23-19(26)16-12-8-9-13(10-12)17(16)21(28)29/h11-14,16-17H,2-10H2,1H3,(H,22,27)(H,23,26)(H,28,29)/t12-,13-,16-,17-/m0/s1. The van der Waals surface area contributed by atoms with E-state index in [1.165, 1.54) is 6.42 Å². The molecule has 0 aliphatic heterocycles. The second kappa shape index (κ2) is 8.16. The lowest BCUT2D eigenvalue weighted by molar-refractivity contribution is -0.148. The molecule has 3 fully saturated rings. The number of anilines is 1. The van der Waals surface area contributed by atoms with Crippen molar-refractivity contribution in [2.45, 2.75) is 70.9 Å². The number of rotatable bonds is 6. The number of aromatic nitrogens is 2. The Kier molecular flexibility index (Phi) is 5.61. The summed E-state index contributed by atoms with van der Waals surface area (Å²) in [4.78, 5) is 37.6. The fraction of sp³-hybridized carbons (Fsp3) is 0.714. The summed E-state index contributed by atoms with van der Waals surface area (Å²) in [6.45, 7) is 2.49. The number of hydrogen-bond acceptors (Lipinski definition) is 4. The second-order valence-corrected chi connectivity index (χ2v) is 8.77. The molecule has 0 aromatic carbocycles. The first-order chi connectivity index (χ1) is 14.0. The Morgan fingerprint density at radius 2 is 1.79 bits per heavy atom. The van der Waals surface area contributed by atoms with Gasteiger partial charge in [-0.2, -0.15) is 5.10 Å². The van der Waals surface area contributed by atoms with Gasteiger partial charge < -0.3 is 15.7 Å². The first-order valence-electron chi connectivity index (χ1n) is 10.9. The molecular weight excluding hydrogens is 372 g/mol. The van der Waals surface area contributed by atoms with Crippen LogP contribution in [0.4, 0.5) is 5.69 Å². The summed E-state index contributed by atoms with van der Waals surface area (Å²) in [5, 5.41) is 19.9. The smallest absolute Gasteiger partial charge is 0.307 e. The monoisotopic (exact) mass is 402 g/mol. The van der Waals surface area contributed by atoms with Crippen LogP contribution in [0.25, 0.3) is 0 Å². The molecule has 8 heteroatoms. The molecule has 8 nitrogen and oxygen atoms in total. The van der Waals surface area contributed by atoms with E-state index in [9.17, 15) is 19.5 Å². The lowest BCUT2D eigenvalue weighted by atomic mass is 9.78. The highest BCUT2D eigenvalue weighted by atomic mass is 16.4. The van der Waals surface area contributed by atoms with E-state index in [0.29, 0.717) is 12.2 Å². The van der Waals surface area contributed by atoms with Crippen LogP contribution in [0.15, 0.2) is 6.20 Å². The number of fused-ring (bicyclic) bond motifs is 2. The van der Waals surface area contributed by atoms with Crippen LogP contribution >= 0.6 is 0 Å². The molecule has 0 unspecified atom stereocenters. The molecule has 1 aromatic heterocycles. The number of carboxylic acid groups (broad SMARTS) is 1. The summed E-state index contributed by atoms with van der Waals surface area (Å²) in [7, 11) is 0. The van der Waals surface area contributed by atoms with Crippen molar-refractivity contribution in [1.29, 1.82) is 0 Å². The number of amides is 2. The number of aryl methyl sites for hydroxylation is 1. The molecule has 3 saturated carbocycles. The topological polar surface area (TPSA) is 113 Å². The van der Waals surface area contributed by atoms with Gasteiger partial charge in [0.05, 0.1) is 17.5 Å². The van der Waals surface area contributed by atoms with Crippen molar-refractivity contribution in [1.82, 2.24) is 15.1 Å². The zero-order chi connectivity index (χ0) is 20.5. The van der Waals surface area contributed by atoms with E-state index >= 15 is 0 Å². The van der Waals surface area contributed by atoms with Gasteiger partial charge in [0.1, 0.15) is 0 Å². The third kappa shape index (κ3) is 3.89. The van der Waals surface area contributed by atoms with Crippen LogP contribution in [-0.2, 0) is 16.1 Å². The number of nitrogens with one attached hydrogen (secondary N) is 2. The predicted octanol–water partition coefficient (Wildman–Crippen LogP) is 2.65. The van der Waals surface area contributed by atoms with Crippen LogP contribution in [0.3, 0.4) is 0 Å². The van der Waals surface area contributed by atoms with E-state index in [2.05, 4.69) is 15.7 Å². The summed E-state index contributed by atoms with van der Waals surface area (Å²) in [6, 6.07) is 0.147. The largest absolute Gasteiger partial charge is 0.481 e. The normalized spacial score (nSPS) is 29.0. The fourth-order valence-corrected chi connectivity index (χ4v) is 5.58. The maximum absolute atomic E-state index is 13.0. The number of carboxylic acids is 1. The Hall–Kier alpha value is -2.38. The summed E-state index contributed by atoms with van der Waals surface area (Å²) >= 11 is 0. The fourth-order valence-electron chi connectivity index (χ4n) is 5.58. The molecule has 158 valence electrons. The van der Waals surface area contributed by atoms with E-state index < -0.39 is 17.8 Å². The van der Waals surface area contributed by atoms with Crippen molar-refractivity contribution in [2.24, 2.45) is 23.7 Å². The Morgan fingerprint density at radius 1 is 1.10 bits per heavy atom. The number of carbonyl (C=O) groups excluding carboxylic acids is 2. The average molecular weight is 402 g/mol. The minimum atomic E-state index is -0.892. The molecule has 1 aromatic rings. The van der Waals surface area contributed by atoms with Crippen molar-refractivity contribution < 1.29 is 19.5 Å². The van der Waals surface area contributed by atoms with Gasteiger partial charge in [0, 0.05) is 18.8 Å². The molecule has 4 rings (SSSR count). The van der Waals surface area contributed by atoms with Crippen molar-refractivity contribution in [3.63, 3.8) is 0 Å². The van der Waals surface area contributed by atoms with Gasteiger partial charge in [-0.1, -0.05) is 19.3 Å². The van der Waals surface area contributed by atoms with Crippen LogP contribution in [0.5, 0.6) is 0 Å². The van der Waals surface area contributed by atoms with Gasteiger partial charge in [0.2, 0.25) is 5.91 Å². The number of nitrogens with zero attached hydrogens (tertiary/aromatic N) is 2. The van der Waals surface area contributed by atoms with E-state index in [-0.39, 0.29) is 35.4 Å². The third-order valence-corrected chi connectivity index (χ3v) is 7.00. The number of hydrogen-bond donors (Lipinski definition) is 3. The Balaban J connectivity index is 1.50. The Labute approximate surface area is 170 Å². The molecular formula is C21H30N4O4. The van der Waals surface area contributed by atoms with Crippen LogP contribution in [0.2, 0.25) is 0 Å². The molecule has 3 aliphatic carbocycles. The van der Waals surface area contributed by atoms with E-state index in [0.717, 1.165) is 44.9 Å². The third-order valence-electron chi connectivity index (χ3n) is 7.00. The van der Waals surface area contributed by atoms with Crippen molar-refractivity contribution in [3.05, 3.63) is 11.9 Å². The zero-order valence-electron chi connectivity index (χ0n) is 16.9. The van der Waals surface area contributed by atoms with Crippen molar-refractivity contribution in [3.8, 4) is 0 Å². The lowest BCUT2D eigenvalue weighted by Crippen LogP contribution is -2.39. The van der Waals surface area contributed by atoms with Gasteiger partial charge in [-0.3, -0.25) is 19.1 Å². The highest BCUT2D eigenvalue weighted by Crippen LogP contribution is 2.52. The summed E-state index contributed by atoms with van der Waals surface area (Å²) in [6.07, 6.45) is 9.60. The maximum atomic E-state index is 13.0. The minimum absolute atomic E-state index is 0.0840. The first-order valence-corrected chi connectivity index (χ1v) is 10.9. The molecule has 29 heavy (non-hydrogen) atoms. The van der Waals surface area contributed by atoms with Crippen molar-refractivity contribution >= 4 is 23.5 Å². The van der Waals surface area contributed by atoms with E-state index in [1.54, 1.807) is 10.9 Å². The number of carbonyl (C=O) groups is 3. The van der Waals surface area contributed by atoms with Crippen LogP contribution in [-0.4, -0.2) is 38.7 Å². The number of aliphatic carboxylic acids is 1. The molecule has 3 N–H and O–H groups in total.